The molecule has 2 amide bonds. The molecule has 134 valence electrons. The van der Waals surface area contributed by atoms with Gasteiger partial charge in [-0.05, 0) is 24.3 Å². The number of methoxy groups -OCH3 is 2. The summed E-state index contributed by atoms with van der Waals surface area (Å²) in [5.41, 5.74) is 0.360. The highest BCUT2D eigenvalue weighted by molar-refractivity contribution is 6.39. The average molecular weight is 385 g/mol. The third-order valence-corrected chi connectivity index (χ3v) is 3.84. The zero-order chi connectivity index (χ0) is 18.2. The Hall–Kier alpha value is -2.31. The Morgan fingerprint density at radius 1 is 1.00 bits per heavy atom. The van der Waals surface area contributed by atoms with Crippen LogP contribution in [0, 0.1) is 0 Å². The average Bonchev–Trinajstić information content (AvgIpc) is 2.61. The van der Waals surface area contributed by atoms with Crippen LogP contribution in [0.5, 0.6) is 17.2 Å². The van der Waals surface area contributed by atoms with Crippen LogP contribution in [0.15, 0.2) is 36.4 Å². The summed E-state index contributed by atoms with van der Waals surface area (Å²) in [6.07, 6.45) is 0. The number of benzene rings is 2. The van der Waals surface area contributed by atoms with Crippen molar-refractivity contribution < 1.29 is 19.0 Å². The van der Waals surface area contributed by atoms with Crippen LogP contribution in [0.3, 0.4) is 0 Å². The van der Waals surface area contributed by atoms with Gasteiger partial charge in [0.25, 0.3) is 0 Å². The van der Waals surface area contributed by atoms with E-state index in [-0.39, 0.29) is 13.2 Å². The molecule has 0 saturated heterocycles. The molecule has 25 heavy (non-hydrogen) atoms. The van der Waals surface area contributed by atoms with Gasteiger partial charge >= 0.3 is 6.03 Å². The highest BCUT2D eigenvalue weighted by Crippen LogP contribution is 2.36. The van der Waals surface area contributed by atoms with Crippen LogP contribution in [-0.4, -0.2) is 33.4 Å². The lowest BCUT2D eigenvalue weighted by Crippen LogP contribution is -2.32. The number of carbonyl (C=O) groups excluding carboxylic acids is 1. The summed E-state index contributed by atoms with van der Waals surface area (Å²) in [4.78, 5) is 11.9. The Balaban J connectivity index is 1.84. The van der Waals surface area contributed by atoms with Crippen molar-refractivity contribution in [2.75, 3.05) is 32.7 Å². The lowest BCUT2D eigenvalue weighted by atomic mass is 10.3. The summed E-state index contributed by atoms with van der Waals surface area (Å²) >= 11 is 12.0. The van der Waals surface area contributed by atoms with Crippen molar-refractivity contribution in [2.24, 2.45) is 0 Å². The van der Waals surface area contributed by atoms with Gasteiger partial charge in [-0.2, -0.15) is 0 Å². The van der Waals surface area contributed by atoms with Gasteiger partial charge in [-0.15, -0.1) is 0 Å². The summed E-state index contributed by atoms with van der Waals surface area (Å²) in [5.74, 6) is 1.59. The van der Waals surface area contributed by atoms with Crippen molar-refractivity contribution in [1.29, 1.82) is 0 Å². The lowest BCUT2D eigenvalue weighted by Gasteiger charge is -2.14. The Labute approximate surface area is 156 Å². The molecule has 0 fully saturated rings. The molecule has 0 radical (unpaired) electrons. The Bertz CT molecular complexity index is 720. The standard InChI is InChI=1S/C17H18Cl2N2O4/c1-23-13-7-4-8-14(16(13)24-2)25-10-9-20-17(22)21-15-11(18)5-3-6-12(15)19/h3-8H,9-10H2,1-2H3,(H2,20,21,22). The van der Waals surface area contributed by atoms with E-state index in [1.54, 1.807) is 43.5 Å². The molecule has 2 aromatic rings. The summed E-state index contributed by atoms with van der Waals surface area (Å²) in [6, 6.07) is 9.86. The minimum atomic E-state index is -0.434. The van der Waals surface area contributed by atoms with Crippen LogP contribution < -0.4 is 24.8 Å². The topological polar surface area (TPSA) is 68.8 Å². The van der Waals surface area contributed by atoms with Gasteiger partial charge in [-0.3, -0.25) is 0 Å². The Morgan fingerprint density at radius 2 is 1.64 bits per heavy atom. The number of ether oxygens (including phenoxy) is 3. The molecule has 2 rings (SSSR count). The quantitative estimate of drug-likeness (QED) is 0.701. The second-order valence-electron chi connectivity index (χ2n) is 4.82. The first-order valence-electron chi connectivity index (χ1n) is 7.39. The minimum absolute atomic E-state index is 0.243. The van der Waals surface area contributed by atoms with Crippen molar-refractivity contribution in [1.82, 2.24) is 5.32 Å². The van der Waals surface area contributed by atoms with Crippen molar-refractivity contribution >= 4 is 34.9 Å². The first-order chi connectivity index (χ1) is 12.1. The van der Waals surface area contributed by atoms with E-state index in [1.165, 1.54) is 7.11 Å². The van der Waals surface area contributed by atoms with Crippen LogP contribution in [0.4, 0.5) is 10.5 Å². The molecule has 0 unspecified atom stereocenters. The zero-order valence-corrected chi connectivity index (χ0v) is 15.3. The molecule has 0 spiro atoms. The van der Waals surface area contributed by atoms with Gasteiger partial charge in [-0.25, -0.2) is 4.79 Å². The van der Waals surface area contributed by atoms with Crippen LogP contribution in [-0.2, 0) is 0 Å². The fourth-order valence-corrected chi connectivity index (χ4v) is 2.56. The van der Waals surface area contributed by atoms with Gasteiger partial charge in [0.2, 0.25) is 5.75 Å². The third-order valence-electron chi connectivity index (χ3n) is 3.21. The Morgan fingerprint density at radius 3 is 2.28 bits per heavy atom. The van der Waals surface area contributed by atoms with Crippen LogP contribution in [0.25, 0.3) is 0 Å². The largest absolute Gasteiger partial charge is 0.493 e. The van der Waals surface area contributed by atoms with Gasteiger partial charge in [-0.1, -0.05) is 35.3 Å². The van der Waals surface area contributed by atoms with E-state index < -0.39 is 6.03 Å². The van der Waals surface area contributed by atoms with E-state index in [9.17, 15) is 4.79 Å². The number of amides is 2. The number of urea groups is 1. The number of halogens is 2. The number of para-hydroxylation sites is 2. The highest BCUT2D eigenvalue weighted by Gasteiger charge is 2.11. The molecule has 8 heteroatoms. The molecule has 2 aromatic carbocycles. The third kappa shape index (κ3) is 5.08. The maximum atomic E-state index is 11.9. The van der Waals surface area contributed by atoms with Gasteiger partial charge < -0.3 is 24.8 Å². The van der Waals surface area contributed by atoms with Crippen molar-refractivity contribution in [3.63, 3.8) is 0 Å². The zero-order valence-electron chi connectivity index (χ0n) is 13.8. The molecule has 0 aromatic heterocycles. The summed E-state index contributed by atoms with van der Waals surface area (Å²) < 4.78 is 16.1. The molecule has 2 N–H and O–H groups in total. The predicted molar refractivity (Wildman–Crippen MR) is 98.5 cm³/mol. The normalized spacial score (nSPS) is 10.1. The summed E-state index contributed by atoms with van der Waals surface area (Å²) in [7, 11) is 3.08. The monoisotopic (exact) mass is 384 g/mol. The number of nitrogens with one attached hydrogen (secondary N) is 2. The molecule has 0 aliphatic heterocycles. The van der Waals surface area contributed by atoms with E-state index in [2.05, 4.69) is 10.6 Å². The molecule has 0 aliphatic carbocycles. The second kappa shape index (κ2) is 9.25. The van der Waals surface area contributed by atoms with Crippen molar-refractivity contribution in [3.05, 3.63) is 46.4 Å². The smallest absolute Gasteiger partial charge is 0.319 e. The molecule has 0 aliphatic rings. The van der Waals surface area contributed by atoms with Gasteiger partial charge in [0.05, 0.1) is 36.5 Å². The Kier molecular flexibility index (Phi) is 7.03. The fraction of sp³-hybridized carbons (Fsp3) is 0.235. The molecular weight excluding hydrogens is 367 g/mol. The van der Waals surface area contributed by atoms with E-state index >= 15 is 0 Å². The number of rotatable bonds is 7. The number of anilines is 1. The van der Waals surface area contributed by atoms with Gasteiger partial charge in [0, 0.05) is 0 Å². The van der Waals surface area contributed by atoms with Gasteiger partial charge in [0.1, 0.15) is 6.61 Å². The molecule has 6 nitrogen and oxygen atoms in total. The second-order valence-corrected chi connectivity index (χ2v) is 5.63. The maximum Gasteiger partial charge on any atom is 0.319 e. The van der Waals surface area contributed by atoms with E-state index in [0.717, 1.165) is 0 Å². The fourth-order valence-electron chi connectivity index (χ4n) is 2.07. The van der Waals surface area contributed by atoms with E-state index in [1.807, 2.05) is 0 Å². The summed E-state index contributed by atoms with van der Waals surface area (Å²) in [5, 5.41) is 5.98. The van der Waals surface area contributed by atoms with Crippen molar-refractivity contribution in [3.8, 4) is 17.2 Å². The van der Waals surface area contributed by atoms with Gasteiger partial charge in [0.15, 0.2) is 11.5 Å². The van der Waals surface area contributed by atoms with Crippen LogP contribution >= 0.6 is 23.2 Å². The number of hydrogen-bond donors (Lipinski definition) is 2. The summed E-state index contributed by atoms with van der Waals surface area (Å²) in [6.45, 7) is 0.515. The van der Waals surface area contributed by atoms with Crippen molar-refractivity contribution in [2.45, 2.75) is 0 Å². The molecule has 0 atom stereocenters. The minimum Gasteiger partial charge on any atom is -0.493 e. The number of carbonyl (C=O) groups is 1. The number of hydrogen-bond acceptors (Lipinski definition) is 4. The molecule has 0 bridgehead atoms. The van der Waals surface area contributed by atoms with E-state index in [4.69, 9.17) is 37.4 Å². The molecule has 0 saturated carbocycles. The van der Waals surface area contributed by atoms with Crippen LogP contribution in [0.2, 0.25) is 10.0 Å². The highest BCUT2D eigenvalue weighted by atomic mass is 35.5. The first kappa shape index (κ1) is 19.0. The lowest BCUT2D eigenvalue weighted by molar-refractivity contribution is 0.245. The SMILES string of the molecule is COc1cccc(OCCNC(=O)Nc2c(Cl)cccc2Cl)c1OC. The van der Waals surface area contributed by atoms with Crippen LogP contribution in [0.1, 0.15) is 0 Å². The maximum absolute atomic E-state index is 11.9. The molecular formula is C17H18Cl2N2O4. The van der Waals surface area contributed by atoms with E-state index in [0.29, 0.717) is 33.0 Å². The first-order valence-corrected chi connectivity index (χ1v) is 8.15. The predicted octanol–water partition coefficient (Wildman–Crippen LogP) is 4.21. The molecule has 0 heterocycles.